The molecular weight excluding hydrogens is 854 g/mol. The van der Waals surface area contributed by atoms with Gasteiger partial charge in [-0.25, -0.2) is 0 Å². The van der Waals surface area contributed by atoms with Gasteiger partial charge in [-0.2, -0.15) is 0 Å². The zero-order valence-corrected chi connectivity index (χ0v) is 37.1. The first-order chi connectivity index (χ1) is 31.1. The molecule has 0 radical (unpaired) electrons. The molecular formula is C46H56ClN11O7. The van der Waals surface area contributed by atoms with Gasteiger partial charge in [0, 0.05) is 56.2 Å². The number of benzene rings is 3. The molecule has 5 rings (SSSR count). The van der Waals surface area contributed by atoms with Crippen LogP contribution < -0.4 is 43.8 Å². The molecule has 2 heterocycles. The lowest BCUT2D eigenvalue weighted by Crippen LogP contribution is -2.60. The number of carbonyl (C=O) groups is 7. The van der Waals surface area contributed by atoms with E-state index < -0.39 is 77.6 Å². The fraction of sp³-hybridized carbons (Fsp3) is 0.370. The highest BCUT2D eigenvalue weighted by Crippen LogP contribution is 2.21. The van der Waals surface area contributed by atoms with Crippen molar-refractivity contribution in [1.29, 1.82) is 0 Å². The normalized spacial score (nSPS) is 15.6. The van der Waals surface area contributed by atoms with E-state index in [-0.39, 0.29) is 51.2 Å². The second kappa shape index (κ2) is 23.6. The highest BCUT2D eigenvalue weighted by molar-refractivity contribution is 6.30. The summed E-state index contributed by atoms with van der Waals surface area (Å²) in [5, 5.41) is 16.1. The maximum Gasteiger partial charge on any atom is 0.245 e. The number of nitrogens with zero attached hydrogens (tertiary/aromatic N) is 3. The van der Waals surface area contributed by atoms with Crippen LogP contribution in [-0.2, 0) is 52.8 Å². The summed E-state index contributed by atoms with van der Waals surface area (Å²) in [4.78, 5) is 105. The Labute approximate surface area is 381 Å². The van der Waals surface area contributed by atoms with Crippen molar-refractivity contribution in [2.45, 2.75) is 95.0 Å². The maximum atomic E-state index is 14.5. The van der Waals surface area contributed by atoms with Crippen molar-refractivity contribution in [3.8, 4) is 0 Å². The number of rotatable bonds is 21. The van der Waals surface area contributed by atoms with Gasteiger partial charge in [-0.1, -0.05) is 72.3 Å². The average molecular weight is 910 g/mol. The van der Waals surface area contributed by atoms with Gasteiger partial charge in [0.05, 0.1) is 0 Å². The van der Waals surface area contributed by atoms with Crippen LogP contribution in [0.15, 0.2) is 96.1 Å². The minimum absolute atomic E-state index is 0.0336. The van der Waals surface area contributed by atoms with Crippen LogP contribution in [0.4, 0.5) is 0 Å². The van der Waals surface area contributed by atoms with Crippen LogP contribution in [0.25, 0.3) is 10.8 Å². The largest absolute Gasteiger partial charge is 0.370 e. The van der Waals surface area contributed by atoms with Crippen LogP contribution in [0.2, 0.25) is 5.02 Å². The van der Waals surface area contributed by atoms with Crippen LogP contribution in [0.5, 0.6) is 0 Å². The number of fused-ring (bicyclic) bond motifs is 1. The number of aliphatic imine (C=N–C) groups is 1. The first kappa shape index (κ1) is 48.9. The van der Waals surface area contributed by atoms with E-state index in [2.05, 4.69) is 36.6 Å². The number of likely N-dealkylation sites (tertiary alicyclic amines) is 1. The standard InChI is InChI=1S/C46H56ClN11O7/c1-27(40(48)60)53-44(64)39-13-8-22-58(39)45(65)35(12-7-21-52-46(49)50)55-43(63)38(26-34-11-5-6-20-51-34)57-42(62)37(24-29-15-18-33(47)19-16-29)56-41(61)36(54-28(2)59)25-30-14-17-31-9-3-4-10-32(31)23-30/h3-6,9-11,14-20,23,27,35-39H,7-8,12-13,21-22,24-26H2,1-2H3,(H2,48,60)(H,53,64)(H,54,59)(H,55,63)(H,56,61)(H,57,62)(H4,49,50,52)/t27-,35-,36-,37-,38-,39+/m1/s1. The van der Waals surface area contributed by atoms with Crippen LogP contribution in [-0.4, -0.2) is 107 Å². The molecule has 0 spiro atoms. The zero-order valence-electron chi connectivity index (χ0n) is 36.3. The Kier molecular flexibility index (Phi) is 17.7. The summed E-state index contributed by atoms with van der Waals surface area (Å²) in [7, 11) is 0. The highest BCUT2D eigenvalue weighted by atomic mass is 35.5. The van der Waals surface area contributed by atoms with Gasteiger partial charge in [0.1, 0.15) is 36.3 Å². The number of halogens is 1. The molecule has 1 fully saturated rings. The van der Waals surface area contributed by atoms with Gasteiger partial charge in [0.2, 0.25) is 41.4 Å². The fourth-order valence-corrected chi connectivity index (χ4v) is 7.65. The van der Waals surface area contributed by atoms with Crippen LogP contribution in [0.1, 0.15) is 56.4 Å². The Balaban J connectivity index is 1.42. The van der Waals surface area contributed by atoms with Crippen molar-refractivity contribution in [3.63, 3.8) is 0 Å². The smallest absolute Gasteiger partial charge is 0.245 e. The molecule has 0 unspecified atom stereocenters. The monoisotopic (exact) mass is 909 g/mol. The zero-order chi connectivity index (χ0) is 47.0. The van der Waals surface area contributed by atoms with Gasteiger partial charge in [-0.3, -0.25) is 43.5 Å². The number of primary amides is 1. The number of guanidine groups is 1. The molecule has 11 N–H and O–H groups in total. The fourth-order valence-electron chi connectivity index (χ4n) is 7.52. The summed E-state index contributed by atoms with van der Waals surface area (Å²) in [5.74, 6) is -4.65. The molecule has 1 aliphatic rings. The van der Waals surface area contributed by atoms with Gasteiger partial charge in [0.15, 0.2) is 5.96 Å². The minimum Gasteiger partial charge on any atom is -0.370 e. The summed E-state index contributed by atoms with van der Waals surface area (Å²) >= 11 is 6.17. The van der Waals surface area contributed by atoms with E-state index in [4.69, 9.17) is 28.8 Å². The van der Waals surface area contributed by atoms with Gasteiger partial charge >= 0.3 is 0 Å². The molecule has 0 bridgehead atoms. The second-order valence-corrected chi connectivity index (χ2v) is 16.4. The van der Waals surface area contributed by atoms with Crippen LogP contribution in [0, 0.1) is 0 Å². The SMILES string of the molecule is CC(=O)N[C@H](Cc1ccc2ccccc2c1)C(=O)N[C@H](Cc1ccc(Cl)cc1)C(=O)N[C@H](Cc1ccccn1)C(=O)N[C@H](CCCN=C(N)N)C(=O)N1CCC[C@H]1C(=O)N[C@H](C)C(N)=O. The number of hydrogen-bond acceptors (Lipinski definition) is 9. The predicted octanol–water partition coefficient (Wildman–Crippen LogP) is 0.910. The van der Waals surface area contributed by atoms with E-state index in [1.165, 1.54) is 24.9 Å². The van der Waals surface area contributed by atoms with Crippen molar-refractivity contribution >= 4 is 69.7 Å². The summed E-state index contributed by atoms with van der Waals surface area (Å²) in [5.41, 5.74) is 18.3. The Hall–Kier alpha value is -7.08. The summed E-state index contributed by atoms with van der Waals surface area (Å²) in [6, 6.07) is 18.4. The number of aromatic nitrogens is 1. The number of nitrogens with one attached hydrogen (secondary N) is 5. The Morgan fingerprint density at radius 3 is 1.97 bits per heavy atom. The number of nitrogens with two attached hydrogens (primary N) is 3. The van der Waals surface area contributed by atoms with Gasteiger partial charge in [-0.15, -0.1) is 0 Å². The molecule has 1 aromatic heterocycles. The van der Waals surface area contributed by atoms with E-state index >= 15 is 0 Å². The Morgan fingerprint density at radius 1 is 0.738 bits per heavy atom. The molecule has 18 nitrogen and oxygen atoms in total. The van der Waals surface area contributed by atoms with Crippen molar-refractivity contribution in [2.75, 3.05) is 13.1 Å². The maximum absolute atomic E-state index is 14.5. The number of amides is 7. The number of pyridine rings is 1. The topological polar surface area (TPSA) is 286 Å². The third kappa shape index (κ3) is 14.7. The molecule has 19 heteroatoms. The lowest BCUT2D eigenvalue weighted by molar-refractivity contribution is -0.142. The molecule has 0 aliphatic carbocycles. The molecule has 65 heavy (non-hydrogen) atoms. The number of hydrogen-bond donors (Lipinski definition) is 8. The van der Waals surface area contributed by atoms with Gasteiger partial charge in [-0.05, 0) is 78.8 Å². The van der Waals surface area contributed by atoms with E-state index in [0.29, 0.717) is 29.1 Å². The van der Waals surface area contributed by atoms with Crippen molar-refractivity contribution in [2.24, 2.45) is 22.2 Å². The summed E-state index contributed by atoms with van der Waals surface area (Å²) in [6.45, 7) is 3.05. The third-order valence-electron chi connectivity index (χ3n) is 10.9. The third-order valence-corrected chi connectivity index (χ3v) is 11.1. The Morgan fingerprint density at radius 2 is 1.34 bits per heavy atom. The Bertz CT molecular complexity index is 2360. The minimum atomic E-state index is -1.34. The molecule has 1 saturated heterocycles. The quantitative estimate of drug-likeness (QED) is 0.0332. The van der Waals surface area contributed by atoms with E-state index in [1.807, 2.05) is 42.5 Å². The molecule has 0 saturated carbocycles. The van der Waals surface area contributed by atoms with E-state index in [0.717, 1.165) is 16.3 Å². The van der Waals surface area contributed by atoms with Crippen molar-refractivity contribution in [1.82, 2.24) is 36.5 Å². The van der Waals surface area contributed by atoms with Gasteiger partial charge < -0.3 is 48.7 Å². The second-order valence-electron chi connectivity index (χ2n) is 15.9. The molecule has 3 aromatic carbocycles. The lowest BCUT2D eigenvalue weighted by Gasteiger charge is -2.30. The summed E-state index contributed by atoms with van der Waals surface area (Å²) < 4.78 is 0. The molecule has 6 atom stereocenters. The molecule has 4 aromatic rings. The molecule has 344 valence electrons. The van der Waals surface area contributed by atoms with E-state index in [1.54, 1.807) is 42.5 Å². The lowest BCUT2D eigenvalue weighted by atomic mass is 9.99. The average Bonchev–Trinajstić information content (AvgIpc) is 3.78. The highest BCUT2D eigenvalue weighted by Gasteiger charge is 2.39. The van der Waals surface area contributed by atoms with Crippen molar-refractivity contribution in [3.05, 3.63) is 113 Å². The van der Waals surface area contributed by atoms with Crippen LogP contribution in [0.3, 0.4) is 0 Å². The van der Waals surface area contributed by atoms with Crippen LogP contribution >= 0.6 is 11.6 Å². The predicted molar refractivity (Wildman–Crippen MR) is 246 cm³/mol. The number of carbonyl (C=O) groups excluding carboxylic acids is 7. The van der Waals surface area contributed by atoms with Gasteiger partial charge in [0.25, 0.3) is 0 Å². The molecule has 1 aliphatic heterocycles. The first-order valence-corrected chi connectivity index (χ1v) is 21.7. The summed E-state index contributed by atoms with van der Waals surface area (Å²) in [6.07, 6.45) is 2.57. The van der Waals surface area contributed by atoms with Crippen molar-refractivity contribution < 1.29 is 33.6 Å². The first-order valence-electron chi connectivity index (χ1n) is 21.3. The van der Waals surface area contributed by atoms with E-state index in [9.17, 15) is 33.6 Å². The molecule has 7 amide bonds.